The standard InChI is InChI=1S/C19H21N3O3/c23-18(24)15-8-6-14(7-9-15)12-20-19(25)21-16-10-11-22(13-16)17-4-2-1-3-5-17/h1-9,16H,10-13H2,(H,23,24)(H2,20,21,25). The lowest BCUT2D eigenvalue weighted by molar-refractivity contribution is 0.0697. The van der Waals surface area contributed by atoms with Gasteiger partial charge in [0.15, 0.2) is 0 Å². The number of para-hydroxylation sites is 1. The van der Waals surface area contributed by atoms with Crippen LogP contribution >= 0.6 is 0 Å². The minimum atomic E-state index is -0.957. The molecule has 1 aliphatic rings. The largest absolute Gasteiger partial charge is 0.478 e. The van der Waals surface area contributed by atoms with Crippen LogP contribution in [-0.4, -0.2) is 36.2 Å². The van der Waals surface area contributed by atoms with Gasteiger partial charge in [0.2, 0.25) is 0 Å². The van der Waals surface area contributed by atoms with Gasteiger partial charge in [-0.05, 0) is 36.2 Å². The lowest BCUT2D eigenvalue weighted by Gasteiger charge is -2.19. The molecule has 6 nitrogen and oxygen atoms in total. The average molecular weight is 339 g/mol. The van der Waals surface area contributed by atoms with Crippen molar-refractivity contribution < 1.29 is 14.7 Å². The molecule has 130 valence electrons. The molecule has 1 unspecified atom stereocenters. The molecule has 25 heavy (non-hydrogen) atoms. The molecular formula is C19H21N3O3. The van der Waals surface area contributed by atoms with Crippen molar-refractivity contribution >= 4 is 17.7 Å². The molecule has 3 N–H and O–H groups in total. The Labute approximate surface area is 146 Å². The number of rotatable bonds is 5. The summed E-state index contributed by atoms with van der Waals surface area (Å²) in [7, 11) is 0. The maximum Gasteiger partial charge on any atom is 0.335 e. The van der Waals surface area contributed by atoms with Gasteiger partial charge in [-0.1, -0.05) is 30.3 Å². The molecular weight excluding hydrogens is 318 g/mol. The maximum atomic E-state index is 12.1. The Balaban J connectivity index is 1.44. The summed E-state index contributed by atoms with van der Waals surface area (Å²) in [6.45, 7) is 2.08. The van der Waals surface area contributed by atoms with E-state index in [0.717, 1.165) is 25.1 Å². The van der Waals surface area contributed by atoms with Crippen molar-refractivity contribution in [3.05, 3.63) is 65.7 Å². The molecule has 3 rings (SSSR count). The molecule has 1 heterocycles. The van der Waals surface area contributed by atoms with E-state index < -0.39 is 5.97 Å². The first-order valence-electron chi connectivity index (χ1n) is 8.28. The Morgan fingerprint density at radius 3 is 2.48 bits per heavy atom. The highest BCUT2D eigenvalue weighted by Gasteiger charge is 2.23. The van der Waals surface area contributed by atoms with Gasteiger partial charge in [-0.15, -0.1) is 0 Å². The summed E-state index contributed by atoms with van der Waals surface area (Å²) >= 11 is 0. The first-order chi connectivity index (χ1) is 12.1. The zero-order valence-corrected chi connectivity index (χ0v) is 13.8. The van der Waals surface area contributed by atoms with E-state index in [0.29, 0.717) is 6.54 Å². The number of carboxylic acids is 1. The average Bonchev–Trinajstić information content (AvgIpc) is 3.09. The molecule has 2 amide bonds. The molecule has 6 heteroatoms. The highest BCUT2D eigenvalue weighted by atomic mass is 16.4. The number of urea groups is 1. The fourth-order valence-electron chi connectivity index (χ4n) is 2.94. The van der Waals surface area contributed by atoms with E-state index in [1.807, 2.05) is 18.2 Å². The van der Waals surface area contributed by atoms with Crippen LogP contribution in [0.1, 0.15) is 22.3 Å². The van der Waals surface area contributed by atoms with E-state index in [9.17, 15) is 9.59 Å². The second kappa shape index (κ2) is 7.70. The quantitative estimate of drug-likeness (QED) is 0.782. The number of nitrogens with one attached hydrogen (secondary N) is 2. The third-order valence-corrected chi connectivity index (χ3v) is 4.30. The van der Waals surface area contributed by atoms with E-state index in [-0.39, 0.29) is 17.6 Å². The molecule has 0 spiro atoms. The van der Waals surface area contributed by atoms with Gasteiger partial charge in [0.05, 0.1) is 5.56 Å². The predicted molar refractivity (Wildman–Crippen MR) is 95.8 cm³/mol. The summed E-state index contributed by atoms with van der Waals surface area (Å²) in [5.74, 6) is -0.957. The Bertz CT molecular complexity index is 731. The van der Waals surface area contributed by atoms with Gasteiger partial charge in [0.1, 0.15) is 0 Å². The summed E-state index contributed by atoms with van der Waals surface area (Å²) in [6, 6.07) is 16.6. The molecule has 1 fully saturated rings. The number of hydrogen-bond donors (Lipinski definition) is 3. The molecule has 2 aromatic carbocycles. The number of aromatic carboxylic acids is 1. The van der Waals surface area contributed by atoms with Crippen LogP contribution < -0.4 is 15.5 Å². The number of anilines is 1. The first kappa shape index (κ1) is 16.8. The van der Waals surface area contributed by atoms with E-state index >= 15 is 0 Å². The van der Waals surface area contributed by atoms with Gasteiger partial charge >= 0.3 is 12.0 Å². The van der Waals surface area contributed by atoms with Crippen molar-refractivity contribution in [1.82, 2.24) is 10.6 Å². The molecule has 0 bridgehead atoms. The van der Waals surface area contributed by atoms with Gasteiger partial charge in [-0.25, -0.2) is 9.59 Å². The van der Waals surface area contributed by atoms with Crippen molar-refractivity contribution in [3.8, 4) is 0 Å². The predicted octanol–water partition coefficient (Wildman–Crippen LogP) is 2.46. The van der Waals surface area contributed by atoms with Crippen molar-refractivity contribution in [1.29, 1.82) is 0 Å². The van der Waals surface area contributed by atoms with Crippen LogP contribution in [0.4, 0.5) is 10.5 Å². The summed E-state index contributed by atoms with van der Waals surface area (Å²) in [6.07, 6.45) is 0.912. The highest BCUT2D eigenvalue weighted by molar-refractivity contribution is 5.87. The zero-order valence-electron chi connectivity index (χ0n) is 13.8. The number of carbonyl (C=O) groups excluding carboxylic acids is 1. The topological polar surface area (TPSA) is 81.7 Å². The number of amides is 2. The molecule has 0 aromatic heterocycles. The van der Waals surface area contributed by atoms with Crippen molar-refractivity contribution in [2.75, 3.05) is 18.0 Å². The Hall–Kier alpha value is -3.02. The first-order valence-corrected chi connectivity index (χ1v) is 8.28. The van der Waals surface area contributed by atoms with Crippen molar-refractivity contribution in [3.63, 3.8) is 0 Å². The monoisotopic (exact) mass is 339 g/mol. The zero-order chi connectivity index (χ0) is 17.6. The van der Waals surface area contributed by atoms with E-state index in [4.69, 9.17) is 5.11 Å². The van der Waals surface area contributed by atoms with Crippen molar-refractivity contribution in [2.45, 2.75) is 19.0 Å². The number of benzene rings is 2. The van der Waals surface area contributed by atoms with Gasteiger partial charge in [-0.2, -0.15) is 0 Å². The molecule has 1 aliphatic heterocycles. The number of hydrogen-bond acceptors (Lipinski definition) is 3. The SMILES string of the molecule is O=C(NCc1ccc(C(=O)O)cc1)NC1CCN(c2ccccc2)C1. The van der Waals surface area contributed by atoms with Crippen LogP contribution in [0.2, 0.25) is 0 Å². The fourth-order valence-corrected chi connectivity index (χ4v) is 2.94. The van der Waals surface area contributed by atoms with Crippen molar-refractivity contribution in [2.24, 2.45) is 0 Å². The van der Waals surface area contributed by atoms with Crippen LogP contribution in [-0.2, 0) is 6.54 Å². The van der Waals surface area contributed by atoms with Gasteiger partial charge in [0, 0.05) is 31.4 Å². The molecule has 2 aromatic rings. The molecule has 1 atom stereocenters. The lowest BCUT2D eigenvalue weighted by Crippen LogP contribution is -2.43. The Morgan fingerprint density at radius 2 is 1.80 bits per heavy atom. The molecule has 0 saturated carbocycles. The maximum absolute atomic E-state index is 12.1. The van der Waals surface area contributed by atoms with Gasteiger partial charge in [0.25, 0.3) is 0 Å². The number of carboxylic acid groups (broad SMARTS) is 1. The Morgan fingerprint density at radius 1 is 1.08 bits per heavy atom. The number of carbonyl (C=O) groups is 2. The minimum absolute atomic E-state index is 0.120. The third-order valence-electron chi connectivity index (χ3n) is 4.30. The van der Waals surface area contributed by atoms with E-state index in [1.54, 1.807) is 12.1 Å². The highest BCUT2D eigenvalue weighted by Crippen LogP contribution is 2.19. The summed E-state index contributed by atoms with van der Waals surface area (Å²) in [4.78, 5) is 25.1. The molecule has 1 saturated heterocycles. The molecule has 0 aliphatic carbocycles. The normalized spacial score (nSPS) is 16.5. The van der Waals surface area contributed by atoms with Crippen LogP contribution in [0.25, 0.3) is 0 Å². The van der Waals surface area contributed by atoms with Gasteiger partial charge < -0.3 is 20.6 Å². The summed E-state index contributed by atoms with van der Waals surface area (Å²) < 4.78 is 0. The summed E-state index contributed by atoms with van der Waals surface area (Å²) in [5.41, 5.74) is 2.27. The fraction of sp³-hybridized carbons (Fsp3) is 0.263. The third kappa shape index (κ3) is 4.50. The van der Waals surface area contributed by atoms with Crippen LogP contribution in [0.15, 0.2) is 54.6 Å². The Kier molecular flexibility index (Phi) is 5.18. The van der Waals surface area contributed by atoms with Crippen LogP contribution in [0.3, 0.4) is 0 Å². The second-order valence-electron chi connectivity index (χ2n) is 6.10. The molecule has 0 radical (unpaired) electrons. The van der Waals surface area contributed by atoms with E-state index in [1.165, 1.54) is 17.8 Å². The van der Waals surface area contributed by atoms with Crippen LogP contribution in [0, 0.1) is 0 Å². The minimum Gasteiger partial charge on any atom is -0.478 e. The lowest BCUT2D eigenvalue weighted by atomic mass is 10.1. The smallest absolute Gasteiger partial charge is 0.335 e. The van der Waals surface area contributed by atoms with E-state index in [2.05, 4.69) is 27.7 Å². The van der Waals surface area contributed by atoms with Crippen LogP contribution in [0.5, 0.6) is 0 Å². The second-order valence-corrected chi connectivity index (χ2v) is 6.10. The number of nitrogens with zero attached hydrogens (tertiary/aromatic N) is 1. The summed E-state index contributed by atoms with van der Waals surface area (Å²) in [5, 5.41) is 14.7. The van der Waals surface area contributed by atoms with Gasteiger partial charge in [-0.3, -0.25) is 0 Å².